The summed E-state index contributed by atoms with van der Waals surface area (Å²) in [7, 11) is 0. The summed E-state index contributed by atoms with van der Waals surface area (Å²) < 4.78 is 0. The molecule has 0 aromatic carbocycles. The Morgan fingerprint density at radius 2 is 2.27 bits per heavy atom. The summed E-state index contributed by atoms with van der Waals surface area (Å²) in [5.74, 6) is 0. The minimum absolute atomic E-state index is 0.457. The second-order valence-corrected chi connectivity index (χ2v) is 2.75. The predicted molar refractivity (Wildman–Crippen MR) is 42.9 cm³/mol. The van der Waals surface area contributed by atoms with Crippen LogP contribution in [0.2, 0.25) is 5.15 Å². The molecular weight excluding hydrogens is 162 g/mol. The van der Waals surface area contributed by atoms with Crippen molar-refractivity contribution in [1.29, 1.82) is 0 Å². The normalized spacial score (nSPS) is 14.6. The van der Waals surface area contributed by atoms with Gasteiger partial charge in [0.25, 0.3) is 0 Å². The lowest BCUT2D eigenvalue weighted by Gasteiger charge is -2.06. The third-order valence-electron chi connectivity index (χ3n) is 1.61. The lowest BCUT2D eigenvalue weighted by atomic mass is 10.1. The Morgan fingerprint density at radius 3 is 3.18 bits per heavy atom. The van der Waals surface area contributed by atoms with Crippen molar-refractivity contribution in [3.63, 3.8) is 0 Å². The Kier molecular flexibility index (Phi) is 1.58. The lowest BCUT2D eigenvalue weighted by Crippen LogP contribution is -2.04. The van der Waals surface area contributed by atoms with Gasteiger partial charge >= 0.3 is 0 Å². The largest absolute Gasteiger partial charge is 0.291 e. The van der Waals surface area contributed by atoms with Crippen LogP contribution in [0.25, 0.3) is 0 Å². The van der Waals surface area contributed by atoms with Crippen LogP contribution in [-0.4, -0.2) is 16.4 Å². The third-order valence-corrected chi connectivity index (χ3v) is 1.80. The van der Waals surface area contributed by atoms with Crippen molar-refractivity contribution >= 4 is 17.8 Å². The predicted octanol–water partition coefficient (Wildman–Crippen LogP) is 1.26. The van der Waals surface area contributed by atoms with Gasteiger partial charge in [0.1, 0.15) is 0 Å². The summed E-state index contributed by atoms with van der Waals surface area (Å²) in [6.07, 6.45) is 2.70. The van der Waals surface area contributed by atoms with Crippen molar-refractivity contribution in [1.82, 2.24) is 10.2 Å². The van der Waals surface area contributed by atoms with Crippen LogP contribution in [0.5, 0.6) is 0 Å². The topological polar surface area (TPSA) is 38.1 Å². The molecule has 0 saturated heterocycles. The van der Waals surface area contributed by atoms with E-state index >= 15 is 0 Å². The van der Waals surface area contributed by atoms with Crippen LogP contribution in [0.15, 0.2) is 11.1 Å². The van der Waals surface area contributed by atoms with Crippen LogP contribution in [0, 0.1) is 0 Å². The van der Waals surface area contributed by atoms with Crippen molar-refractivity contribution in [3.8, 4) is 0 Å². The van der Waals surface area contributed by atoms with Gasteiger partial charge in [0.15, 0.2) is 5.15 Å². The zero-order chi connectivity index (χ0) is 7.68. The number of fused-ring (bicyclic) bond motifs is 1. The molecule has 3 nitrogen and oxygen atoms in total. The standard InChI is InChI=1S/C7H6ClN3/c8-7-3-5-1-2-9-4-6(5)10-11-7/h2-3H,1,4H2. The molecule has 0 amide bonds. The number of rotatable bonds is 0. The maximum Gasteiger partial charge on any atom is 0.152 e. The molecule has 0 atom stereocenters. The van der Waals surface area contributed by atoms with Crippen LogP contribution in [-0.2, 0) is 13.0 Å². The van der Waals surface area contributed by atoms with E-state index in [1.165, 1.54) is 0 Å². The Labute approximate surface area is 69.1 Å². The van der Waals surface area contributed by atoms with Gasteiger partial charge in [0, 0.05) is 12.6 Å². The first-order valence-corrected chi connectivity index (χ1v) is 3.73. The maximum absolute atomic E-state index is 5.66. The summed E-state index contributed by atoms with van der Waals surface area (Å²) in [6.45, 7) is 0.638. The molecule has 0 N–H and O–H groups in total. The van der Waals surface area contributed by atoms with Crippen molar-refractivity contribution in [2.24, 2.45) is 4.99 Å². The van der Waals surface area contributed by atoms with E-state index in [1.807, 2.05) is 12.3 Å². The van der Waals surface area contributed by atoms with E-state index < -0.39 is 0 Å². The first kappa shape index (κ1) is 6.73. The fourth-order valence-electron chi connectivity index (χ4n) is 1.05. The van der Waals surface area contributed by atoms with E-state index in [9.17, 15) is 0 Å². The SMILES string of the molecule is Clc1cc2c(nn1)CN=CC2. The van der Waals surface area contributed by atoms with Crippen molar-refractivity contribution in [2.45, 2.75) is 13.0 Å². The van der Waals surface area contributed by atoms with Gasteiger partial charge in [-0.25, -0.2) is 0 Å². The summed E-state index contributed by atoms with van der Waals surface area (Å²) in [5, 5.41) is 8.11. The van der Waals surface area contributed by atoms with Crippen molar-refractivity contribution < 1.29 is 0 Å². The van der Waals surface area contributed by atoms with E-state index in [2.05, 4.69) is 15.2 Å². The minimum atomic E-state index is 0.457. The molecule has 0 saturated carbocycles. The van der Waals surface area contributed by atoms with E-state index in [0.717, 1.165) is 17.7 Å². The number of hydrogen-bond acceptors (Lipinski definition) is 3. The minimum Gasteiger partial charge on any atom is -0.291 e. The summed E-state index contributed by atoms with van der Waals surface area (Å²) in [5.41, 5.74) is 2.08. The maximum atomic E-state index is 5.66. The second kappa shape index (κ2) is 2.58. The van der Waals surface area contributed by atoms with Gasteiger partial charge in [-0.1, -0.05) is 11.6 Å². The molecule has 1 aromatic heterocycles. The number of hydrogen-bond donors (Lipinski definition) is 0. The smallest absolute Gasteiger partial charge is 0.152 e. The Bertz CT molecular complexity index is 309. The lowest BCUT2D eigenvalue weighted by molar-refractivity contribution is 0.861. The quantitative estimate of drug-likeness (QED) is 0.584. The highest BCUT2D eigenvalue weighted by molar-refractivity contribution is 6.29. The Hall–Kier alpha value is -0.960. The van der Waals surface area contributed by atoms with Gasteiger partial charge in [-0.2, -0.15) is 5.10 Å². The summed E-state index contributed by atoms with van der Waals surface area (Å²) >= 11 is 5.66. The van der Waals surface area contributed by atoms with Gasteiger partial charge < -0.3 is 0 Å². The molecule has 56 valence electrons. The first-order valence-electron chi connectivity index (χ1n) is 3.35. The van der Waals surface area contributed by atoms with E-state index in [4.69, 9.17) is 11.6 Å². The van der Waals surface area contributed by atoms with Gasteiger partial charge in [-0.05, 0) is 11.6 Å². The molecule has 4 heteroatoms. The molecule has 0 fully saturated rings. The number of halogens is 1. The molecule has 1 aliphatic heterocycles. The van der Waals surface area contributed by atoms with Crippen LogP contribution in [0.1, 0.15) is 11.3 Å². The average molecular weight is 168 g/mol. The van der Waals surface area contributed by atoms with Gasteiger partial charge in [-0.15, -0.1) is 5.10 Å². The highest BCUT2D eigenvalue weighted by Gasteiger charge is 2.07. The zero-order valence-corrected chi connectivity index (χ0v) is 6.54. The van der Waals surface area contributed by atoms with E-state index in [-0.39, 0.29) is 0 Å². The van der Waals surface area contributed by atoms with Crippen LogP contribution < -0.4 is 0 Å². The van der Waals surface area contributed by atoms with Crippen molar-refractivity contribution in [2.75, 3.05) is 0 Å². The van der Waals surface area contributed by atoms with E-state index in [1.54, 1.807) is 0 Å². The molecule has 1 aromatic rings. The molecule has 2 heterocycles. The number of aliphatic imine (C=N–C) groups is 1. The van der Waals surface area contributed by atoms with Gasteiger partial charge in [0.2, 0.25) is 0 Å². The van der Waals surface area contributed by atoms with Crippen molar-refractivity contribution in [3.05, 3.63) is 22.5 Å². The molecule has 0 bridgehead atoms. The number of nitrogens with zero attached hydrogens (tertiary/aromatic N) is 3. The Balaban J connectivity index is 2.48. The molecule has 1 aliphatic rings. The van der Waals surface area contributed by atoms with Crippen LogP contribution in [0.4, 0.5) is 0 Å². The molecule has 0 spiro atoms. The zero-order valence-electron chi connectivity index (χ0n) is 5.79. The molecule has 0 aliphatic carbocycles. The molecule has 11 heavy (non-hydrogen) atoms. The number of aromatic nitrogens is 2. The fraction of sp³-hybridized carbons (Fsp3) is 0.286. The molecule has 0 unspecified atom stereocenters. The highest BCUT2D eigenvalue weighted by atomic mass is 35.5. The third kappa shape index (κ3) is 1.24. The monoisotopic (exact) mass is 167 g/mol. The Morgan fingerprint density at radius 1 is 1.36 bits per heavy atom. The fourth-order valence-corrected chi connectivity index (χ4v) is 1.22. The van der Waals surface area contributed by atoms with E-state index in [0.29, 0.717) is 11.7 Å². The summed E-state index contributed by atoms with van der Waals surface area (Å²) in [6, 6.07) is 1.84. The molecular formula is C7H6ClN3. The second-order valence-electron chi connectivity index (χ2n) is 2.37. The summed E-state index contributed by atoms with van der Waals surface area (Å²) in [4.78, 5) is 4.08. The van der Waals surface area contributed by atoms with Gasteiger partial charge in [0.05, 0.1) is 12.2 Å². The van der Waals surface area contributed by atoms with Crippen LogP contribution >= 0.6 is 11.6 Å². The highest BCUT2D eigenvalue weighted by Crippen LogP contribution is 2.14. The van der Waals surface area contributed by atoms with Gasteiger partial charge in [-0.3, -0.25) is 4.99 Å². The molecule has 0 radical (unpaired) electrons. The average Bonchev–Trinajstić information content (AvgIpc) is 2.04. The van der Waals surface area contributed by atoms with Crippen LogP contribution in [0.3, 0.4) is 0 Å². The first-order chi connectivity index (χ1) is 5.36. The molecule has 2 rings (SSSR count).